The first-order valence-electron chi connectivity index (χ1n) is 5.50. The highest BCUT2D eigenvalue weighted by molar-refractivity contribution is 5.87. The quantitative estimate of drug-likeness (QED) is 0.743. The molecule has 0 radical (unpaired) electrons. The van der Waals surface area contributed by atoms with Gasteiger partial charge >= 0.3 is 5.97 Å². The van der Waals surface area contributed by atoms with Crippen LogP contribution in [0.15, 0.2) is 24.3 Å². The molecule has 0 bridgehead atoms. The van der Waals surface area contributed by atoms with E-state index in [1.54, 1.807) is 13.0 Å². The molecule has 98 valence electrons. The van der Waals surface area contributed by atoms with Gasteiger partial charge in [-0.15, -0.1) is 0 Å². The Morgan fingerprint density at radius 3 is 2.78 bits per heavy atom. The summed E-state index contributed by atoms with van der Waals surface area (Å²) >= 11 is 0. The van der Waals surface area contributed by atoms with Crippen LogP contribution in [0, 0.1) is 5.82 Å². The third kappa shape index (κ3) is 4.40. The monoisotopic (exact) mass is 254 g/mol. The normalized spacial score (nSPS) is 11.7. The van der Waals surface area contributed by atoms with E-state index < -0.39 is 23.7 Å². The van der Waals surface area contributed by atoms with E-state index in [9.17, 15) is 14.0 Å². The standard InChI is InChI=1S/C12H15FN2O3/c1-2-18-11(16)7-10(12(14)17)15-9-5-3-4-8(13)6-9/h3-6,10,15H,2,7H2,1H3,(H2,14,17). The Morgan fingerprint density at radius 1 is 1.50 bits per heavy atom. The molecule has 0 spiro atoms. The molecule has 0 aliphatic rings. The molecule has 0 fully saturated rings. The summed E-state index contributed by atoms with van der Waals surface area (Å²) in [6, 6.07) is 4.62. The number of esters is 1. The number of anilines is 1. The highest BCUT2D eigenvalue weighted by atomic mass is 19.1. The molecule has 0 aromatic heterocycles. The third-order valence-electron chi connectivity index (χ3n) is 2.19. The van der Waals surface area contributed by atoms with Crippen LogP contribution in [0.1, 0.15) is 13.3 Å². The van der Waals surface area contributed by atoms with Crippen LogP contribution in [0.4, 0.5) is 10.1 Å². The first kappa shape index (κ1) is 14.0. The fourth-order valence-electron chi connectivity index (χ4n) is 1.39. The van der Waals surface area contributed by atoms with E-state index in [1.165, 1.54) is 18.2 Å². The fraction of sp³-hybridized carbons (Fsp3) is 0.333. The number of rotatable bonds is 6. The van der Waals surface area contributed by atoms with Crippen LogP contribution in [0.25, 0.3) is 0 Å². The van der Waals surface area contributed by atoms with Crippen LogP contribution >= 0.6 is 0 Å². The molecule has 3 N–H and O–H groups in total. The van der Waals surface area contributed by atoms with Gasteiger partial charge in [-0.2, -0.15) is 0 Å². The summed E-state index contributed by atoms with van der Waals surface area (Å²) in [5.74, 6) is -1.68. The van der Waals surface area contributed by atoms with Gasteiger partial charge in [0.05, 0.1) is 13.0 Å². The van der Waals surface area contributed by atoms with Crippen LogP contribution in [-0.4, -0.2) is 24.5 Å². The van der Waals surface area contributed by atoms with Gasteiger partial charge in [0.1, 0.15) is 11.9 Å². The molecule has 0 aliphatic heterocycles. The van der Waals surface area contributed by atoms with E-state index in [1.807, 2.05) is 0 Å². The summed E-state index contributed by atoms with van der Waals surface area (Å²) in [5.41, 5.74) is 5.54. The highest BCUT2D eigenvalue weighted by Gasteiger charge is 2.20. The Morgan fingerprint density at radius 2 is 2.22 bits per heavy atom. The molecule has 0 heterocycles. The molecule has 0 aliphatic carbocycles. The van der Waals surface area contributed by atoms with Gasteiger partial charge in [0.2, 0.25) is 5.91 Å². The number of nitrogens with two attached hydrogens (primary N) is 1. The Hall–Kier alpha value is -2.11. The predicted molar refractivity (Wildman–Crippen MR) is 64.3 cm³/mol. The second-order valence-electron chi connectivity index (χ2n) is 3.62. The number of halogens is 1. The zero-order chi connectivity index (χ0) is 13.5. The summed E-state index contributed by atoms with van der Waals surface area (Å²) in [7, 11) is 0. The van der Waals surface area contributed by atoms with Gasteiger partial charge in [0, 0.05) is 5.69 Å². The highest BCUT2D eigenvalue weighted by Crippen LogP contribution is 2.12. The summed E-state index contributed by atoms with van der Waals surface area (Å²) < 4.78 is 17.7. The van der Waals surface area contributed by atoms with Gasteiger partial charge in [0.15, 0.2) is 0 Å². The lowest BCUT2D eigenvalue weighted by Gasteiger charge is -2.15. The lowest BCUT2D eigenvalue weighted by atomic mass is 10.2. The smallest absolute Gasteiger partial charge is 0.308 e. The number of carbonyl (C=O) groups is 2. The zero-order valence-corrected chi connectivity index (χ0v) is 9.98. The van der Waals surface area contributed by atoms with Gasteiger partial charge in [-0.3, -0.25) is 9.59 Å². The lowest BCUT2D eigenvalue weighted by Crippen LogP contribution is -2.37. The van der Waals surface area contributed by atoms with Crippen LogP contribution in [0.5, 0.6) is 0 Å². The van der Waals surface area contributed by atoms with Crippen molar-refractivity contribution in [1.82, 2.24) is 0 Å². The number of nitrogens with one attached hydrogen (secondary N) is 1. The maximum Gasteiger partial charge on any atom is 0.308 e. The van der Waals surface area contributed by atoms with Crippen molar-refractivity contribution in [2.24, 2.45) is 5.73 Å². The molecule has 1 aromatic carbocycles. The molecule has 0 saturated carbocycles. The summed E-state index contributed by atoms with van der Waals surface area (Å²) in [6.07, 6.45) is -0.195. The largest absolute Gasteiger partial charge is 0.466 e. The number of hydrogen-bond acceptors (Lipinski definition) is 4. The number of carbonyl (C=O) groups excluding carboxylic acids is 2. The van der Waals surface area contributed by atoms with Gasteiger partial charge in [0.25, 0.3) is 0 Å². The topological polar surface area (TPSA) is 81.4 Å². The van der Waals surface area contributed by atoms with E-state index in [-0.39, 0.29) is 13.0 Å². The Labute approximate surface area is 104 Å². The zero-order valence-electron chi connectivity index (χ0n) is 9.98. The Bertz CT molecular complexity index is 437. The minimum absolute atomic E-state index is 0.195. The molecule has 5 nitrogen and oxygen atoms in total. The molecule has 1 amide bonds. The van der Waals surface area contributed by atoms with Crippen molar-refractivity contribution >= 4 is 17.6 Å². The van der Waals surface area contributed by atoms with Crippen molar-refractivity contribution in [3.05, 3.63) is 30.1 Å². The SMILES string of the molecule is CCOC(=O)CC(Nc1cccc(F)c1)C(N)=O. The molecular weight excluding hydrogens is 239 g/mol. The van der Waals surface area contributed by atoms with Gasteiger partial charge in [-0.25, -0.2) is 4.39 Å². The average Bonchev–Trinajstić information content (AvgIpc) is 2.28. The Balaban J connectivity index is 2.69. The molecule has 1 rings (SSSR count). The van der Waals surface area contributed by atoms with E-state index in [0.717, 1.165) is 0 Å². The minimum atomic E-state index is -0.925. The maximum atomic E-state index is 13.0. The lowest BCUT2D eigenvalue weighted by molar-refractivity contribution is -0.144. The van der Waals surface area contributed by atoms with Gasteiger partial charge in [-0.1, -0.05) is 6.07 Å². The van der Waals surface area contributed by atoms with Gasteiger partial charge in [-0.05, 0) is 25.1 Å². The van der Waals surface area contributed by atoms with Crippen molar-refractivity contribution in [3.8, 4) is 0 Å². The summed E-state index contributed by atoms with van der Waals surface area (Å²) in [5, 5.41) is 2.69. The number of ether oxygens (including phenoxy) is 1. The van der Waals surface area contributed by atoms with Crippen LogP contribution in [0.2, 0.25) is 0 Å². The van der Waals surface area contributed by atoms with Crippen molar-refractivity contribution in [1.29, 1.82) is 0 Å². The van der Waals surface area contributed by atoms with E-state index in [0.29, 0.717) is 5.69 Å². The van der Waals surface area contributed by atoms with Crippen molar-refractivity contribution < 1.29 is 18.7 Å². The molecule has 1 aromatic rings. The van der Waals surface area contributed by atoms with Crippen molar-refractivity contribution in [2.75, 3.05) is 11.9 Å². The second kappa shape index (κ2) is 6.58. The molecule has 1 unspecified atom stereocenters. The average molecular weight is 254 g/mol. The van der Waals surface area contributed by atoms with Crippen molar-refractivity contribution in [2.45, 2.75) is 19.4 Å². The summed E-state index contributed by atoms with van der Waals surface area (Å²) in [6.45, 7) is 1.89. The van der Waals surface area contributed by atoms with E-state index >= 15 is 0 Å². The first-order chi connectivity index (χ1) is 8.52. The third-order valence-corrected chi connectivity index (χ3v) is 2.19. The predicted octanol–water partition coefficient (Wildman–Crippen LogP) is 1.04. The molecule has 1 atom stereocenters. The van der Waals surface area contributed by atoms with Crippen LogP contribution in [-0.2, 0) is 14.3 Å². The Kier molecular flexibility index (Phi) is 5.10. The van der Waals surface area contributed by atoms with Gasteiger partial charge < -0.3 is 15.8 Å². The van der Waals surface area contributed by atoms with E-state index in [4.69, 9.17) is 10.5 Å². The molecule has 18 heavy (non-hydrogen) atoms. The number of benzene rings is 1. The number of amides is 1. The second-order valence-corrected chi connectivity index (χ2v) is 3.62. The molecule has 6 heteroatoms. The number of hydrogen-bond donors (Lipinski definition) is 2. The molecule has 0 saturated heterocycles. The summed E-state index contributed by atoms with van der Waals surface area (Å²) in [4.78, 5) is 22.5. The van der Waals surface area contributed by atoms with Crippen LogP contribution < -0.4 is 11.1 Å². The van der Waals surface area contributed by atoms with Crippen LogP contribution in [0.3, 0.4) is 0 Å². The first-order valence-corrected chi connectivity index (χ1v) is 5.50. The van der Waals surface area contributed by atoms with Crippen molar-refractivity contribution in [3.63, 3.8) is 0 Å². The fourth-order valence-corrected chi connectivity index (χ4v) is 1.39. The number of primary amides is 1. The maximum absolute atomic E-state index is 13.0. The molecular formula is C12H15FN2O3. The van der Waals surface area contributed by atoms with E-state index in [2.05, 4.69) is 5.32 Å². The minimum Gasteiger partial charge on any atom is -0.466 e.